The van der Waals surface area contributed by atoms with Gasteiger partial charge in [0.1, 0.15) is 5.75 Å². The van der Waals surface area contributed by atoms with Gasteiger partial charge in [0.05, 0.1) is 7.11 Å². The van der Waals surface area contributed by atoms with E-state index < -0.39 is 0 Å². The zero-order valence-electron chi connectivity index (χ0n) is 13.3. The zero-order chi connectivity index (χ0) is 14.8. The monoisotopic (exact) mass is 288 g/mol. The van der Waals surface area contributed by atoms with Crippen LogP contribution in [0.4, 0.5) is 0 Å². The number of hydrogen-bond acceptors (Lipinski definition) is 3. The molecule has 0 spiro atoms. The molecule has 1 aromatic rings. The van der Waals surface area contributed by atoms with Gasteiger partial charge in [-0.2, -0.15) is 0 Å². The Morgan fingerprint density at radius 1 is 1.29 bits per heavy atom. The first-order valence-electron chi connectivity index (χ1n) is 8.35. The van der Waals surface area contributed by atoms with Crippen LogP contribution in [0.25, 0.3) is 0 Å². The number of likely N-dealkylation sites (tertiary alicyclic amines) is 1. The van der Waals surface area contributed by atoms with E-state index in [1.807, 2.05) is 6.92 Å². The molecule has 2 aliphatic rings. The molecule has 0 bridgehead atoms. The number of benzene rings is 1. The topological polar surface area (TPSA) is 38.5 Å². The molecule has 3 heteroatoms. The third-order valence-corrected chi connectivity index (χ3v) is 5.33. The number of rotatable bonds is 4. The van der Waals surface area contributed by atoms with E-state index in [0.29, 0.717) is 0 Å². The van der Waals surface area contributed by atoms with Crippen molar-refractivity contribution in [1.29, 1.82) is 0 Å². The predicted octanol–water partition coefficient (Wildman–Crippen LogP) is 3.48. The number of nitrogens with two attached hydrogens (primary N) is 1. The second-order valence-electron chi connectivity index (χ2n) is 6.73. The highest BCUT2D eigenvalue weighted by Gasteiger charge is 2.35. The van der Waals surface area contributed by atoms with Crippen LogP contribution in [0, 0.1) is 5.92 Å². The molecule has 1 aliphatic heterocycles. The van der Waals surface area contributed by atoms with E-state index in [1.54, 1.807) is 7.11 Å². The first kappa shape index (κ1) is 14.9. The van der Waals surface area contributed by atoms with Crippen LogP contribution in [0.15, 0.2) is 18.2 Å². The summed E-state index contributed by atoms with van der Waals surface area (Å²) in [5, 5.41) is 0. The summed E-state index contributed by atoms with van der Waals surface area (Å²) in [7, 11) is 1.76. The summed E-state index contributed by atoms with van der Waals surface area (Å²) in [6.07, 6.45) is 7.01. The third-order valence-electron chi connectivity index (χ3n) is 5.33. The van der Waals surface area contributed by atoms with Crippen LogP contribution in [0.5, 0.6) is 5.75 Å². The van der Waals surface area contributed by atoms with Crippen LogP contribution in [0.3, 0.4) is 0 Å². The summed E-state index contributed by atoms with van der Waals surface area (Å²) >= 11 is 0. The van der Waals surface area contributed by atoms with E-state index >= 15 is 0 Å². The summed E-state index contributed by atoms with van der Waals surface area (Å²) < 4.78 is 5.56. The molecule has 2 fully saturated rings. The number of fused-ring (bicyclic) bond motifs is 1. The van der Waals surface area contributed by atoms with Gasteiger partial charge in [0.25, 0.3) is 0 Å². The molecule has 1 heterocycles. The maximum atomic E-state index is 6.03. The summed E-state index contributed by atoms with van der Waals surface area (Å²) in [6.45, 7) is 4.28. The fourth-order valence-corrected chi connectivity index (χ4v) is 4.12. The Morgan fingerprint density at radius 3 is 2.86 bits per heavy atom. The van der Waals surface area contributed by atoms with Gasteiger partial charge < -0.3 is 10.5 Å². The number of ether oxygens (including phenoxy) is 1. The first-order chi connectivity index (χ1) is 10.2. The Hall–Kier alpha value is -1.06. The van der Waals surface area contributed by atoms with Crippen LogP contribution in [0.1, 0.15) is 56.2 Å². The normalized spacial score (nSPS) is 27.4. The van der Waals surface area contributed by atoms with Crippen LogP contribution in [0.2, 0.25) is 0 Å². The van der Waals surface area contributed by atoms with Crippen LogP contribution >= 0.6 is 0 Å². The SMILES string of the molecule is COc1ccc(C(C)N)cc1CN1CCC2CCCCC21. The van der Waals surface area contributed by atoms with E-state index in [4.69, 9.17) is 10.5 Å². The van der Waals surface area contributed by atoms with Gasteiger partial charge in [0, 0.05) is 24.2 Å². The maximum Gasteiger partial charge on any atom is 0.123 e. The van der Waals surface area contributed by atoms with E-state index in [2.05, 4.69) is 23.1 Å². The largest absolute Gasteiger partial charge is 0.496 e. The Labute approximate surface area is 128 Å². The fourth-order valence-electron chi connectivity index (χ4n) is 4.12. The second kappa shape index (κ2) is 6.37. The van der Waals surface area contributed by atoms with Crippen molar-refractivity contribution in [2.75, 3.05) is 13.7 Å². The molecule has 116 valence electrons. The average molecular weight is 288 g/mol. The van der Waals surface area contributed by atoms with Crippen molar-refractivity contribution in [3.63, 3.8) is 0 Å². The van der Waals surface area contributed by atoms with Gasteiger partial charge in [-0.15, -0.1) is 0 Å². The minimum atomic E-state index is 0.0793. The zero-order valence-corrected chi connectivity index (χ0v) is 13.3. The van der Waals surface area contributed by atoms with Gasteiger partial charge in [-0.25, -0.2) is 0 Å². The lowest BCUT2D eigenvalue weighted by molar-refractivity contribution is 0.174. The van der Waals surface area contributed by atoms with E-state index in [-0.39, 0.29) is 6.04 Å². The van der Waals surface area contributed by atoms with Crippen molar-refractivity contribution < 1.29 is 4.74 Å². The molecule has 1 aromatic carbocycles. The highest BCUT2D eigenvalue weighted by Crippen LogP contribution is 2.37. The summed E-state index contributed by atoms with van der Waals surface area (Å²) in [5.41, 5.74) is 8.52. The lowest BCUT2D eigenvalue weighted by Gasteiger charge is -2.32. The summed E-state index contributed by atoms with van der Waals surface area (Å²) in [4.78, 5) is 2.67. The molecular formula is C18H28N2O. The molecular weight excluding hydrogens is 260 g/mol. The summed E-state index contributed by atoms with van der Waals surface area (Å²) in [6, 6.07) is 7.26. The lowest BCUT2D eigenvalue weighted by atomic mass is 9.85. The van der Waals surface area contributed by atoms with Crippen LogP contribution in [-0.4, -0.2) is 24.6 Å². The quantitative estimate of drug-likeness (QED) is 0.922. The Bertz CT molecular complexity index is 486. The molecule has 1 saturated carbocycles. The van der Waals surface area contributed by atoms with E-state index in [9.17, 15) is 0 Å². The van der Waals surface area contributed by atoms with Crippen molar-refractivity contribution in [2.24, 2.45) is 11.7 Å². The van der Waals surface area contributed by atoms with Gasteiger partial charge in [0.15, 0.2) is 0 Å². The number of hydrogen-bond donors (Lipinski definition) is 1. The van der Waals surface area contributed by atoms with Gasteiger partial charge >= 0.3 is 0 Å². The number of methoxy groups -OCH3 is 1. The van der Waals surface area contributed by atoms with Crippen molar-refractivity contribution >= 4 is 0 Å². The van der Waals surface area contributed by atoms with Gasteiger partial charge in [-0.3, -0.25) is 4.90 Å². The molecule has 2 N–H and O–H groups in total. The molecule has 3 unspecified atom stereocenters. The molecule has 0 aromatic heterocycles. The van der Waals surface area contributed by atoms with Crippen molar-refractivity contribution in [3.05, 3.63) is 29.3 Å². The predicted molar refractivity (Wildman–Crippen MR) is 86.4 cm³/mol. The molecule has 0 radical (unpaired) electrons. The van der Waals surface area contributed by atoms with Gasteiger partial charge in [0.2, 0.25) is 0 Å². The van der Waals surface area contributed by atoms with E-state index in [0.717, 1.165) is 24.3 Å². The van der Waals surface area contributed by atoms with Gasteiger partial charge in [-0.05, 0) is 56.3 Å². The molecule has 3 rings (SSSR count). The lowest BCUT2D eigenvalue weighted by Crippen LogP contribution is -2.34. The number of nitrogens with zero attached hydrogens (tertiary/aromatic N) is 1. The first-order valence-corrected chi connectivity index (χ1v) is 8.35. The smallest absolute Gasteiger partial charge is 0.123 e. The van der Waals surface area contributed by atoms with Gasteiger partial charge in [-0.1, -0.05) is 18.9 Å². The Kier molecular flexibility index (Phi) is 4.51. The highest BCUT2D eigenvalue weighted by molar-refractivity contribution is 5.38. The van der Waals surface area contributed by atoms with E-state index in [1.165, 1.54) is 49.8 Å². The molecule has 21 heavy (non-hydrogen) atoms. The second-order valence-corrected chi connectivity index (χ2v) is 6.73. The van der Waals surface area contributed by atoms with Crippen LogP contribution in [-0.2, 0) is 6.54 Å². The van der Waals surface area contributed by atoms with Crippen molar-refractivity contribution in [3.8, 4) is 5.75 Å². The Balaban J connectivity index is 1.78. The molecule has 3 nitrogen and oxygen atoms in total. The van der Waals surface area contributed by atoms with Crippen molar-refractivity contribution in [2.45, 2.75) is 57.7 Å². The fraction of sp³-hybridized carbons (Fsp3) is 0.667. The standard InChI is InChI=1S/C18H28N2O/c1-13(19)15-7-8-18(21-2)16(11-15)12-20-10-9-14-5-3-4-6-17(14)20/h7-8,11,13-14,17H,3-6,9-10,12,19H2,1-2H3. The molecule has 0 amide bonds. The Morgan fingerprint density at radius 2 is 2.10 bits per heavy atom. The third kappa shape index (κ3) is 3.09. The van der Waals surface area contributed by atoms with Crippen LogP contribution < -0.4 is 10.5 Å². The molecule has 1 saturated heterocycles. The van der Waals surface area contributed by atoms with Crippen molar-refractivity contribution in [1.82, 2.24) is 4.90 Å². The minimum absolute atomic E-state index is 0.0793. The summed E-state index contributed by atoms with van der Waals surface area (Å²) in [5.74, 6) is 1.93. The highest BCUT2D eigenvalue weighted by atomic mass is 16.5. The maximum absolute atomic E-state index is 6.03. The minimum Gasteiger partial charge on any atom is -0.496 e. The molecule has 1 aliphatic carbocycles. The average Bonchev–Trinajstić information content (AvgIpc) is 2.90. The molecule has 3 atom stereocenters.